The SMILES string of the molecule is COc1ccc(CNc2nc3c(OC)cccc3c3nc(C4CCCN(C(C(=O)O)C5CC5)C4)nn23)c(OC)c1. The van der Waals surface area contributed by atoms with E-state index in [4.69, 9.17) is 29.3 Å². The minimum Gasteiger partial charge on any atom is -0.497 e. The molecule has 0 bridgehead atoms. The summed E-state index contributed by atoms with van der Waals surface area (Å²) in [5, 5.41) is 19.1. The number of fused-ring (bicyclic) bond motifs is 3. The molecular weight excluding hydrogens is 512 g/mol. The summed E-state index contributed by atoms with van der Waals surface area (Å²) in [7, 11) is 4.88. The van der Waals surface area contributed by atoms with Gasteiger partial charge in [-0.05, 0) is 62.4 Å². The number of piperidine rings is 1. The first-order valence-electron chi connectivity index (χ1n) is 13.7. The fourth-order valence-electron chi connectivity index (χ4n) is 5.78. The number of para-hydroxylation sites is 1. The molecule has 0 spiro atoms. The van der Waals surface area contributed by atoms with Crippen LogP contribution in [0.5, 0.6) is 17.2 Å². The molecule has 2 atom stereocenters. The number of aliphatic carboxylic acids is 1. The number of hydrogen-bond donors (Lipinski definition) is 2. The normalized spacial score (nSPS) is 18.5. The van der Waals surface area contributed by atoms with Crippen molar-refractivity contribution in [3.8, 4) is 17.2 Å². The lowest BCUT2D eigenvalue weighted by Gasteiger charge is -2.35. The monoisotopic (exact) mass is 546 g/mol. The zero-order chi connectivity index (χ0) is 27.8. The van der Waals surface area contributed by atoms with Crippen molar-refractivity contribution in [2.45, 2.75) is 44.2 Å². The van der Waals surface area contributed by atoms with Crippen molar-refractivity contribution < 1.29 is 24.1 Å². The van der Waals surface area contributed by atoms with E-state index in [1.165, 1.54) is 0 Å². The number of likely N-dealkylation sites (tertiary alicyclic amines) is 1. The van der Waals surface area contributed by atoms with Gasteiger partial charge in [0, 0.05) is 36.0 Å². The number of carboxylic acid groups (broad SMARTS) is 1. The van der Waals surface area contributed by atoms with E-state index in [0.717, 1.165) is 43.2 Å². The highest BCUT2D eigenvalue weighted by molar-refractivity contribution is 5.96. The van der Waals surface area contributed by atoms with Crippen LogP contribution in [0.1, 0.15) is 43.0 Å². The van der Waals surface area contributed by atoms with Gasteiger partial charge in [0.25, 0.3) is 0 Å². The molecule has 2 aromatic carbocycles. The summed E-state index contributed by atoms with van der Waals surface area (Å²) in [5.74, 6) is 2.84. The Morgan fingerprint density at radius 1 is 1.07 bits per heavy atom. The highest BCUT2D eigenvalue weighted by Gasteiger charge is 2.42. The van der Waals surface area contributed by atoms with Gasteiger partial charge in [-0.2, -0.15) is 4.52 Å². The third kappa shape index (κ3) is 4.85. The zero-order valence-electron chi connectivity index (χ0n) is 23.0. The van der Waals surface area contributed by atoms with Gasteiger partial charge < -0.3 is 24.6 Å². The highest BCUT2D eigenvalue weighted by atomic mass is 16.5. The van der Waals surface area contributed by atoms with Crippen molar-refractivity contribution >= 4 is 28.5 Å². The Bertz CT molecular complexity index is 1550. The minimum absolute atomic E-state index is 0.0319. The second-order valence-corrected chi connectivity index (χ2v) is 10.5. The average Bonchev–Trinajstić information content (AvgIpc) is 3.70. The molecule has 2 aromatic heterocycles. The van der Waals surface area contributed by atoms with Crippen LogP contribution in [0, 0.1) is 5.92 Å². The Morgan fingerprint density at radius 3 is 2.62 bits per heavy atom. The summed E-state index contributed by atoms with van der Waals surface area (Å²) >= 11 is 0. The quantitative estimate of drug-likeness (QED) is 0.302. The van der Waals surface area contributed by atoms with Crippen molar-refractivity contribution in [1.29, 1.82) is 0 Å². The minimum atomic E-state index is -0.728. The van der Waals surface area contributed by atoms with Crippen molar-refractivity contribution in [3.05, 3.63) is 47.8 Å². The Labute approximate surface area is 232 Å². The largest absolute Gasteiger partial charge is 0.497 e. The first-order chi connectivity index (χ1) is 19.5. The highest BCUT2D eigenvalue weighted by Crippen LogP contribution is 2.38. The molecule has 1 aliphatic carbocycles. The number of hydrogen-bond acceptors (Lipinski definition) is 9. The van der Waals surface area contributed by atoms with Crippen molar-refractivity contribution in [2.75, 3.05) is 39.7 Å². The van der Waals surface area contributed by atoms with Gasteiger partial charge in [0.05, 0.1) is 21.3 Å². The molecule has 1 saturated heterocycles. The maximum absolute atomic E-state index is 12.1. The molecule has 6 rings (SSSR count). The number of nitrogens with zero attached hydrogens (tertiary/aromatic N) is 5. The third-order valence-electron chi connectivity index (χ3n) is 7.97. The van der Waals surface area contributed by atoms with Crippen molar-refractivity contribution in [2.24, 2.45) is 5.92 Å². The summed E-state index contributed by atoms with van der Waals surface area (Å²) in [6, 6.07) is 11.0. The van der Waals surface area contributed by atoms with Crippen LogP contribution in [-0.4, -0.2) is 76.0 Å². The molecule has 4 aromatic rings. The lowest BCUT2D eigenvalue weighted by Crippen LogP contribution is -2.47. The van der Waals surface area contributed by atoms with Gasteiger partial charge in [-0.15, -0.1) is 5.10 Å². The van der Waals surface area contributed by atoms with Crippen LogP contribution >= 0.6 is 0 Å². The van der Waals surface area contributed by atoms with Crippen LogP contribution in [0.3, 0.4) is 0 Å². The number of nitrogens with one attached hydrogen (secondary N) is 1. The second-order valence-electron chi connectivity index (χ2n) is 10.5. The van der Waals surface area contributed by atoms with Crippen LogP contribution in [0.2, 0.25) is 0 Å². The number of benzene rings is 2. The smallest absolute Gasteiger partial charge is 0.321 e. The number of ether oxygens (including phenoxy) is 3. The molecule has 2 unspecified atom stereocenters. The van der Waals surface area contributed by atoms with E-state index in [-0.39, 0.29) is 11.8 Å². The Kier molecular flexibility index (Phi) is 7.05. The first kappa shape index (κ1) is 26.1. The van der Waals surface area contributed by atoms with Crippen LogP contribution in [0.15, 0.2) is 36.4 Å². The third-order valence-corrected chi connectivity index (χ3v) is 7.97. The van der Waals surface area contributed by atoms with Gasteiger partial charge in [-0.1, -0.05) is 6.07 Å². The van der Waals surface area contributed by atoms with E-state index in [0.29, 0.717) is 53.3 Å². The fraction of sp³-hybridized carbons (Fsp3) is 0.448. The van der Waals surface area contributed by atoms with Gasteiger partial charge in [-0.25, -0.2) is 9.97 Å². The molecule has 1 saturated carbocycles. The second kappa shape index (κ2) is 10.8. The number of aromatic nitrogens is 4. The summed E-state index contributed by atoms with van der Waals surface area (Å²) in [5.41, 5.74) is 2.30. The molecule has 2 aliphatic rings. The molecule has 3 heterocycles. The first-order valence-corrected chi connectivity index (χ1v) is 13.7. The lowest BCUT2D eigenvalue weighted by atomic mass is 9.95. The van der Waals surface area contributed by atoms with E-state index in [1.54, 1.807) is 25.8 Å². The molecule has 11 nitrogen and oxygen atoms in total. The fourth-order valence-corrected chi connectivity index (χ4v) is 5.78. The molecule has 0 radical (unpaired) electrons. The van der Waals surface area contributed by atoms with Crippen LogP contribution in [0.25, 0.3) is 16.6 Å². The van der Waals surface area contributed by atoms with E-state index >= 15 is 0 Å². The molecule has 11 heteroatoms. The van der Waals surface area contributed by atoms with Gasteiger partial charge >= 0.3 is 5.97 Å². The number of carbonyl (C=O) groups is 1. The predicted octanol–water partition coefficient (Wildman–Crippen LogP) is 3.96. The summed E-state index contributed by atoms with van der Waals surface area (Å²) in [6.07, 6.45) is 3.79. The molecule has 2 N–H and O–H groups in total. The number of methoxy groups -OCH3 is 3. The molecule has 1 aliphatic heterocycles. The Morgan fingerprint density at radius 2 is 1.90 bits per heavy atom. The van der Waals surface area contributed by atoms with Crippen molar-refractivity contribution in [1.82, 2.24) is 24.5 Å². The maximum Gasteiger partial charge on any atom is 0.321 e. The zero-order valence-corrected chi connectivity index (χ0v) is 23.0. The average molecular weight is 547 g/mol. The number of carboxylic acids is 1. The number of anilines is 1. The number of rotatable bonds is 10. The maximum atomic E-state index is 12.1. The summed E-state index contributed by atoms with van der Waals surface area (Å²) in [4.78, 5) is 24.1. The molecular formula is C29H34N6O5. The van der Waals surface area contributed by atoms with E-state index in [9.17, 15) is 9.90 Å². The van der Waals surface area contributed by atoms with Crippen molar-refractivity contribution in [3.63, 3.8) is 0 Å². The summed E-state index contributed by atoms with van der Waals surface area (Å²) < 4.78 is 18.3. The van der Waals surface area contributed by atoms with Gasteiger partial charge in [0.2, 0.25) is 5.95 Å². The van der Waals surface area contributed by atoms with Gasteiger partial charge in [-0.3, -0.25) is 9.69 Å². The molecule has 40 heavy (non-hydrogen) atoms. The van der Waals surface area contributed by atoms with Crippen LogP contribution < -0.4 is 19.5 Å². The van der Waals surface area contributed by atoms with E-state index < -0.39 is 12.0 Å². The Balaban J connectivity index is 1.37. The van der Waals surface area contributed by atoms with Crippen LogP contribution in [0.4, 0.5) is 5.95 Å². The standard InChI is InChI=1S/C29H34N6O5/c1-38-20-12-11-18(23(14-20)40-3)15-30-29-31-24-21(7-4-8-22(24)39-2)27-32-26(33-35(27)29)19-6-5-13-34(16-19)25(28(36)37)17-9-10-17/h4,7-8,11-12,14,17,19,25H,5-6,9-10,13,15-16H2,1-3H3,(H,30,31)(H,36,37). The van der Waals surface area contributed by atoms with Gasteiger partial charge in [0.1, 0.15) is 28.8 Å². The van der Waals surface area contributed by atoms with E-state index in [2.05, 4.69) is 10.2 Å². The summed E-state index contributed by atoms with van der Waals surface area (Å²) in [6.45, 7) is 1.85. The lowest BCUT2D eigenvalue weighted by molar-refractivity contribution is -0.144. The van der Waals surface area contributed by atoms with Gasteiger partial charge in [0.15, 0.2) is 11.5 Å². The topological polar surface area (TPSA) is 123 Å². The Hall–Kier alpha value is -4.12. The molecule has 210 valence electrons. The van der Waals surface area contributed by atoms with Crippen LogP contribution in [-0.2, 0) is 11.3 Å². The molecule has 2 fully saturated rings. The predicted molar refractivity (Wildman–Crippen MR) is 149 cm³/mol. The molecule has 0 amide bonds. The van der Waals surface area contributed by atoms with E-state index in [1.807, 2.05) is 36.4 Å².